The van der Waals surface area contributed by atoms with E-state index in [0.717, 1.165) is 6.07 Å². The molecule has 0 saturated carbocycles. The molecule has 2 heterocycles. The first-order valence-corrected chi connectivity index (χ1v) is 10.3. The van der Waals surface area contributed by atoms with Gasteiger partial charge in [0.25, 0.3) is 5.69 Å². The number of carbonyl (C=O) groups is 1. The van der Waals surface area contributed by atoms with Gasteiger partial charge in [-0.2, -0.15) is 4.57 Å². The SMILES string of the molecule is CC.COC(=O)c1cccc[n+]1C(C)(C)C(C)c1cc(F)cc(F)c1-c1ccccn1. The molecule has 0 amide bonds. The van der Waals surface area contributed by atoms with Gasteiger partial charge in [0.05, 0.1) is 12.8 Å². The van der Waals surface area contributed by atoms with E-state index in [1.54, 1.807) is 53.4 Å². The zero-order valence-electron chi connectivity index (χ0n) is 18.8. The fourth-order valence-electron chi connectivity index (χ4n) is 3.52. The number of ether oxygens (including phenoxy) is 1. The summed E-state index contributed by atoms with van der Waals surface area (Å²) in [5, 5.41) is 0. The van der Waals surface area contributed by atoms with Crippen LogP contribution in [0.3, 0.4) is 0 Å². The maximum Gasteiger partial charge on any atom is 0.403 e. The summed E-state index contributed by atoms with van der Waals surface area (Å²) in [4.78, 5) is 16.5. The predicted octanol–water partition coefficient (Wildman–Crippen LogP) is 5.67. The number of methoxy groups -OCH3 is 1. The Morgan fingerprint density at radius 1 is 1.10 bits per heavy atom. The van der Waals surface area contributed by atoms with E-state index in [0.29, 0.717) is 17.0 Å². The minimum Gasteiger partial charge on any atom is -0.461 e. The minimum atomic E-state index is -0.714. The molecule has 0 aliphatic heterocycles. The fourth-order valence-corrected chi connectivity index (χ4v) is 3.52. The number of hydrogen-bond acceptors (Lipinski definition) is 3. The van der Waals surface area contributed by atoms with Crippen LogP contribution in [0.4, 0.5) is 8.78 Å². The van der Waals surface area contributed by atoms with Gasteiger partial charge < -0.3 is 4.74 Å². The van der Waals surface area contributed by atoms with Gasteiger partial charge in [0.2, 0.25) is 0 Å². The second-order valence-corrected chi connectivity index (χ2v) is 7.39. The first kappa shape index (κ1) is 24.1. The number of halogens is 2. The summed E-state index contributed by atoms with van der Waals surface area (Å²) in [5.74, 6) is -2.19. The van der Waals surface area contributed by atoms with Gasteiger partial charge in [-0.1, -0.05) is 26.8 Å². The molecule has 3 rings (SSSR count). The van der Waals surface area contributed by atoms with E-state index in [4.69, 9.17) is 4.74 Å². The van der Waals surface area contributed by atoms with Gasteiger partial charge in [0.1, 0.15) is 11.6 Å². The number of pyridine rings is 2. The molecule has 31 heavy (non-hydrogen) atoms. The van der Waals surface area contributed by atoms with Crippen LogP contribution in [-0.2, 0) is 10.3 Å². The molecule has 1 unspecified atom stereocenters. The molecular weight excluding hydrogens is 398 g/mol. The molecule has 4 nitrogen and oxygen atoms in total. The number of hydrogen-bond donors (Lipinski definition) is 0. The van der Waals surface area contributed by atoms with Crippen molar-refractivity contribution in [3.8, 4) is 11.3 Å². The van der Waals surface area contributed by atoms with E-state index in [-0.39, 0.29) is 11.5 Å². The second kappa shape index (κ2) is 10.2. The average Bonchev–Trinajstić information content (AvgIpc) is 2.79. The Kier molecular flexibility index (Phi) is 7.97. The van der Waals surface area contributed by atoms with E-state index in [9.17, 15) is 13.6 Å². The quantitative estimate of drug-likeness (QED) is 0.389. The topological polar surface area (TPSA) is 43.1 Å². The molecule has 6 heteroatoms. The first-order chi connectivity index (χ1) is 14.8. The summed E-state index contributed by atoms with van der Waals surface area (Å²) in [6, 6.07) is 12.6. The summed E-state index contributed by atoms with van der Waals surface area (Å²) in [6.45, 7) is 9.70. The number of esters is 1. The minimum absolute atomic E-state index is 0.253. The maximum absolute atomic E-state index is 14.8. The molecule has 3 aromatic rings. The number of nitrogens with zero attached hydrogens (tertiary/aromatic N) is 2. The molecule has 0 aliphatic carbocycles. The van der Waals surface area contributed by atoms with Crippen LogP contribution in [0, 0.1) is 11.6 Å². The normalized spacial score (nSPS) is 11.9. The average molecular weight is 428 g/mol. The number of carbonyl (C=O) groups excluding carboxylic acids is 1. The van der Waals surface area contributed by atoms with Crippen LogP contribution in [0.2, 0.25) is 0 Å². The van der Waals surface area contributed by atoms with Crippen LogP contribution >= 0.6 is 0 Å². The van der Waals surface area contributed by atoms with Crippen molar-refractivity contribution >= 4 is 5.97 Å². The fraction of sp³-hybridized carbons (Fsp3) is 0.320. The lowest BCUT2D eigenvalue weighted by molar-refractivity contribution is -0.763. The Labute approximate surface area is 182 Å². The number of aromatic nitrogens is 2. The lowest BCUT2D eigenvalue weighted by Gasteiger charge is -2.29. The van der Waals surface area contributed by atoms with E-state index >= 15 is 0 Å². The summed E-state index contributed by atoms with van der Waals surface area (Å²) in [5.41, 5.74) is 0.785. The van der Waals surface area contributed by atoms with Gasteiger partial charge in [-0.15, -0.1) is 0 Å². The van der Waals surface area contributed by atoms with Crippen molar-refractivity contribution < 1.29 is 22.9 Å². The highest BCUT2D eigenvalue weighted by Gasteiger charge is 2.41. The Morgan fingerprint density at radius 2 is 1.77 bits per heavy atom. The van der Waals surface area contributed by atoms with E-state index < -0.39 is 23.1 Å². The number of rotatable bonds is 5. The van der Waals surface area contributed by atoms with Crippen molar-refractivity contribution in [2.45, 2.75) is 46.1 Å². The standard InChI is InChI=1S/C23H23F2N2O2.C2H6/c1-15(23(2,3)27-12-8-6-10-20(27)22(28)29-4)17-13-16(24)14-18(25)21(17)19-9-5-7-11-26-19;1-2/h5-15H,1-4H3;1-2H3/q+1;. The highest BCUT2D eigenvalue weighted by Crippen LogP contribution is 2.38. The Hall–Kier alpha value is -3.15. The zero-order valence-corrected chi connectivity index (χ0v) is 18.8. The Bertz CT molecular complexity index is 1040. The summed E-state index contributed by atoms with van der Waals surface area (Å²) in [7, 11) is 1.32. The molecule has 164 valence electrons. The molecule has 0 radical (unpaired) electrons. The lowest BCUT2D eigenvalue weighted by Crippen LogP contribution is -2.58. The van der Waals surface area contributed by atoms with Crippen LogP contribution in [0.25, 0.3) is 11.3 Å². The predicted molar refractivity (Wildman–Crippen MR) is 117 cm³/mol. The van der Waals surface area contributed by atoms with Gasteiger partial charge in [-0.05, 0) is 29.8 Å². The molecule has 1 aromatic carbocycles. The molecule has 2 aromatic heterocycles. The molecule has 0 fully saturated rings. The smallest absolute Gasteiger partial charge is 0.403 e. The monoisotopic (exact) mass is 427 g/mol. The van der Waals surface area contributed by atoms with Crippen LogP contribution in [0.1, 0.15) is 56.6 Å². The van der Waals surface area contributed by atoms with Crippen LogP contribution < -0.4 is 4.57 Å². The van der Waals surface area contributed by atoms with Crippen LogP contribution in [0.5, 0.6) is 0 Å². The lowest BCUT2D eigenvalue weighted by atomic mass is 9.79. The third-order valence-electron chi connectivity index (χ3n) is 5.41. The molecule has 0 saturated heterocycles. The zero-order chi connectivity index (χ0) is 23.2. The van der Waals surface area contributed by atoms with Crippen molar-refractivity contribution in [3.05, 3.63) is 83.8 Å². The second-order valence-electron chi connectivity index (χ2n) is 7.39. The molecule has 0 aliphatic rings. The Balaban J connectivity index is 0.00000166. The van der Waals surface area contributed by atoms with Crippen molar-refractivity contribution in [2.24, 2.45) is 0 Å². The molecule has 0 bridgehead atoms. The highest BCUT2D eigenvalue weighted by molar-refractivity contribution is 5.85. The van der Waals surface area contributed by atoms with Crippen molar-refractivity contribution in [3.63, 3.8) is 0 Å². The molecule has 0 spiro atoms. The van der Waals surface area contributed by atoms with Crippen LogP contribution in [-0.4, -0.2) is 18.1 Å². The molecule has 0 N–H and O–H groups in total. The van der Waals surface area contributed by atoms with Crippen molar-refractivity contribution in [1.82, 2.24) is 4.98 Å². The van der Waals surface area contributed by atoms with E-state index in [1.807, 2.05) is 34.6 Å². The van der Waals surface area contributed by atoms with Gasteiger partial charge in [0, 0.05) is 49.7 Å². The Morgan fingerprint density at radius 3 is 2.39 bits per heavy atom. The van der Waals surface area contributed by atoms with Gasteiger partial charge in [-0.25, -0.2) is 13.6 Å². The highest BCUT2D eigenvalue weighted by atomic mass is 19.1. The summed E-state index contributed by atoms with van der Waals surface area (Å²) < 4.78 is 35.7. The van der Waals surface area contributed by atoms with Crippen molar-refractivity contribution in [1.29, 1.82) is 0 Å². The third kappa shape index (κ3) is 4.95. The van der Waals surface area contributed by atoms with E-state index in [2.05, 4.69) is 4.98 Å². The van der Waals surface area contributed by atoms with Gasteiger partial charge in [-0.3, -0.25) is 4.98 Å². The molecule has 1 atom stereocenters. The maximum atomic E-state index is 14.8. The van der Waals surface area contributed by atoms with Crippen LogP contribution in [0.15, 0.2) is 60.9 Å². The van der Waals surface area contributed by atoms with E-state index in [1.165, 1.54) is 13.2 Å². The summed E-state index contributed by atoms with van der Waals surface area (Å²) in [6.07, 6.45) is 3.33. The largest absolute Gasteiger partial charge is 0.461 e. The molecular formula is C25H29F2N2O2+. The van der Waals surface area contributed by atoms with Gasteiger partial charge in [0.15, 0.2) is 11.7 Å². The third-order valence-corrected chi connectivity index (χ3v) is 5.41. The first-order valence-electron chi connectivity index (χ1n) is 10.3. The number of benzene rings is 1. The van der Waals surface area contributed by atoms with Gasteiger partial charge >= 0.3 is 5.97 Å². The van der Waals surface area contributed by atoms with Crippen molar-refractivity contribution in [2.75, 3.05) is 7.11 Å². The summed E-state index contributed by atoms with van der Waals surface area (Å²) >= 11 is 0.